The second kappa shape index (κ2) is 7.68. The molecule has 0 rings (SSSR count). The van der Waals surface area contributed by atoms with Gasteiger partial charge < -0.3 is 9.64 Å². The van der Waals surface area contributed by atoms with Crippen molar-refractivity contribution in [2.24, 2.45) is 5.92 Å². The summed E-state index contributed by atoms with van der Waals surface area (Å²) in [7, 11) is 2.99. The molecule has 0 aliphatic carbocycles. The Morgan fingerprint density at radius 1 is 1.38 bits per heavy atom. The number of rotatable bonds is 5. The Labute approximate surface area is 96.6 Å². The van der Waals surface area contributed by atoms with Crippen molar-refractivity contribution in [1.82, 2.24) is 4.90 Å². The molecular formula is C12H19NO3. The topological polar surface area (TPSA) is 46.6 Å². The smallest absolute Gasteiger partial charge is 0.310 e. The fourth-order valence-corrected chi connectivity index (χ4v) is 1.15. The summed E-state index contributed by atoms with van der Waals surface area (Å²) in [6.07, 6.45) is 6.74. The number of methoxy groups -OCH3 is 1. The lowest BCUT2D eigenvalue weighted by atomic mass is 10.2. The van der Waals surface area contributed by atoms with Crippen LogP contribution < -0.4 is 0 Å². The van der Waals surface area contributed by atoms with Crippen LogP contribution in [0.1, 0.15) is 13.8 Å². The molecule has 1 amide bonds. The number of carbonyl (C=O) groups excluding carboxylic acids is 2. The molecule has 0 fully saturated rings. The third-order valence-corrected chi connectivity index (χ3v) is 2.07. The number of esters is 1. The summed E-state index contributed by atoms with van der Waals surface area (Å²) >= 11 is 0. The van der Waals surface area contributed by atoms with E-state index in [0.717, 1.165) is 0 Å². The number of likely N-dealkylation sites (N-methyl/N-ethyl adjacent to an activating group) is 1. The molecule has 4 nitrogen and oxygen atoms in total. The summed E-state index contributed by atoms with van der Waals surface area (Å²) in [5.74, 6) is -0.750. The van der Waals surface area contributed by atoms with E-state index in [2.05, 4.69) is 4.74 Å². The highest BCUT2D eigenvalue weighted by Crippen LogP contribution is 2.01. The van der Waals surface area contributed by atoms with Crippen LogP contribution in [0.15, 0.2) is 24.3 Å². The first kappa shape index (κ1) is 14.4. The Bertz CT molecular complexity index is 295. The molecule has 0 N–H and O–H groups in total. The predicted octanol–water partition coefficient (Wildman–Crippen LogP) is 1.39. The molecule has 0 aromatic rings. The normalized spacial score (nSPS) is 13.0. The van der Waals surface area contributed by atoms with E-state index in [1.165, 1.54) is 18.1 Å². The quantitative estimate of drug-likeness (QED) is 0.403. The molecule has 0 saturated heterocycles. The van der Waals surface area contributed by atoms with Crippen LogP contribution in [0.2, 0.25) is 0 Å². The lowest BCUT2D eigenvalue weighted by Gasteiger charge is -2.18. The molecule has 0 radical (unpaired) electrons. The van der Waals surface area contributed by atoms with Gasteiger partial charge in [-0.3, -0.25) is 9.59 Å². The Balaban J connectivity index is 4.19. The molecular weight excluding hydrogens is 206 g/mol. The number of nitrogens with zero attached hydrogens (tertiary/aromatic N) is 1. The van der Waals surface area contributed by atoms with Crippen molar-refractivity contribution >= 4 is 11.9 Å². The molecule has 0 heterocycles. The Kier molecular flexibility index (Phi) is 6.92. The van der Waals surface area contributed by atoms with Gasteiger partial charge in [0.25, 0.3) is 0 Å². The van der Waals surface area contributed by atoms with Crippen molar-refractivity contribution < 1.29 is 14.3 Å². The van der Waals surface area contributed by atoms with Crippen molar-refractivity contribution in [3.63, 3.8) is 0 Å². The molecule has 1 unspecified atom stereocenters. The number of amides is 1. The molecule has 0 aromatic heterocycles. The maximum atomic E-state index is 11.5. The highest BCUT2D eigenvalue weighted by molar-refractivity contribution is 5.88. The number of allylic oxidation sites excluding steroid dienone is 3. The zero-order chi connectivity index (χ0) is 12.6. The van der Waals surface area contributed by atoms with E-state index in [0.29, 0.717) is 6.54 Å². The number of carbonyl (C=O) groups is 2. The molecule has 0 aliphatic heterocycles. The zero-order valence-corrected chi connectivity index (χ0v) is 10.3. The summed E-state index contributed by atoms with van der Waals surface area (Å²) in [6.45, 7) is 3.95. The zero-order valence-electron chi connectivity index (χ0n) is 10.3. The first-order valence-corrected chi connectivity index (χ1v) is 5.15. The van der Waals surface area contributed by atoms with Gasteiger partial charge in [-0.2, -0.15) is 0 Å². The van der Waals surface area contributed by atoms with Gasteiger partial charge in [-0.1, -0.05) is 25.2 Å². The van der Waals surface area contributed by atoms with E-state index < -0.39 is 0 Å². The second-order valence-electron chi connectivity index (χ2n) is 3.53. The minimum atomic E-state index is -0.311. The van der Waals surface area contributed by atoms with Crippen LogP contribution in [0.3, 0.4) is 0 Å². The van der Waals surface area contributed by atoms with Crippen molar-refractivity contribution in [1.29, 1.82) is 0 Å². The fourth-order valence-electron chi connectivity index (χ4n) is 1.15. The molecule has 0 bridgehead atoms. The van der Waals surface area contributed by atoms with Crippen LogP contribution in [-0.4, -0.2) is 37.5 Å². The van der Waals surface area contributed by atoms with Crippen LogP contribution in [0.25, 0.3) is 0 Å². The predicted molar refractivity (Wildman–Crippen MR) is 62.8 cm³/mol. The largest absolute Gasteiger partial charge is 0.469 e. The minimum absolute atomic E-state index is 0.131. The van der Waals surface area contributed by atoms with Crippen LogP contribution in [0.4, 0.5) is 0 Å². The Morgan fingerprint density at radius 3 is 2.50 bits per heavy atom. The first-order chi connectivity index (χ1) is 7.52. The van der Waals surface area contributed by atoms with Gasteiger partial charge in [0.05, 0.1) is 13.0 Å². The monoisotopic (exact) mass is 225 g/mol. The van der Waals surface area contributed by atoms with Crippen molar-refractivity contribution in [3.8, 4) is 0 Å². The molecule has 0 aliphatic rings. The van der Waals surface area contributed by atoms with Gasteiger partial charge in [0.15, 0.2) is 0 Å². The average molecular weight is 225 g/mol. The standard InChI is InChI=1S/C12H19NO3/c1-5-6-7-8-11(14)13(3)9-10(2)12(15)16-4/h5-8,10H,9H2,1-4H3. The van der Waals surface area contributed by atoms with E-state index >= 15 is 0 Å². The third kappa shape index (κ3) is 5.34. The number of ether oxygens (including phenoxy) is 1. The molecule has 4 heteroatoms. The lowest BCUT2D eigenvalue weighted by molar-refractivity contribution is -0.145. The summed E-state index contributed by atoms with van der Waals surface area (Å²) in [4.78, 5) is 24.1. The maximum Gasteiger partial charge on any atom is 0.310 e. The third-order valence-electron chi connectivity index (χ3n) is 2.07. The molecule has 16 heavy (non-hydrogen) atoms. The van der Waals surface area contributed by atoms with Gasteiger partial charge in [-0.15, -0.1) is 0 Å². The van der Waals surface area contributed by atoms with Crippen LogP contribution >= 0.6 is 0 Å². The highest BCUT2D eigenvalue weighted by Gasteiger charge is 2.17. The van der Waals surface area contributed by atoms with E-state index in [1.54, 1.807) is 26.1 Å². The van der Waals surface area contributed by atoms with E-state index in [-0.39, 0.29) is 17.8 Å². The second-order valence-corrected chi connectivity index (χ2v) is 3.53. The van der Waals surface area contributed by atoms with Crippen LogP contribution in [0, 0.1) is 5.92 Å². The van der Waals surface area contributed by atoms with Crippen molar-refractivity contribution in [2.45, 2.75) is 13.8 Å². The molecule has 1 atom stereocenters. The van der Waals surface area contributed by atoms with Crippen LogP contribution in [0.5, 0.6) is 0 Å². The summed E-state index contributed by atoms with van der Waals surface area (Å²) in [5, 5.41) is 0. The summed E-state index contributed by atoms with van der Waals surface area (Å²) in [6, 6.07) is 0. The van der Waals surface area contributed by atoms with E-state index in [9.17, 15) is 9.59 Å². The average Bonchev–Trinajstić information content (AvgIpc) is 2.27. The first-order valence-electron chi connectivity index (χ1n) is 5.15. The summed E-state index contributed by atoms with van der Waals surface area (Å²) in [5.41, 5.74) is 0. The van der Waals surface area contributed by atoms with Gasteiger partial charge in [0.2, 0.25) is 5.91 Å². The van der Waals surface area contributed by atoms with Gasteiger partial charge in [0.1, 0.15) is 0 Å². The minimum Gasteiger partial charge on any atom is -0.469 e. The van der Waals surface area contributed by atoms with E-state index in [4.69, 9.17) is 0 Å². The fraction of sp³-hybridized carbons (Fsp3) is 0.500. The number of hydrogen-bond acceptors (Lipinski definition) is 3. The van der Waals surface area contributed by atoms with Crippen LogP contribution in [-0.2, 0) is 14.3 Å². The lowest BCUT2D eigenvalue weighted by Crippen LogP contribution is -2.33. The van der Waals surface area contributed by atoms with Gasteiger partial charge in [0, 0.05) is 19.7 Å². The van der Waals surface area contributed by atoms with E-state index in [1.807, 2.05) is 13.0 Å². The molecule has 90 valence electrons. The molecule has 0 saturated carbocycles. The van der Waals surface area contributed by atoms with Gasteiger partial charge in [-0.25, -0.2) is 0 Å². The highest BCUT2D eigenvalue weighted by atomic mass is 16.5. The number of hydrogen-bond donors (Lipinski definition) is 0. The Morgan fingerprint density at radius 2 is 2.00 bits per heavy atom. The summed E-state index contributed by atoms with van der Waals surface area (Å²) < 4.78 is 4.59. The van der Waals surface area contributed by atoms with Gasteiger partial charge in [-0.05, 0) is 6.92 Å². The Hall–Kier alpha value is -1.58. The van der Waals surface area contributed by atoms with Gasteiger partial charge >= 0.3 is 5.97 Å². The van der Waals surface area contributed by atoms with Crippen molar-refractivity contribution in [2.75, 3.05) is 20.7 Å². The molecule has 0 spiro atoms. The maximum absolute atomic E-state index is 11.5. The van der Waals surface area contributed by atoms with Crippen molar-refractivity contribution in [3.05, 3.63) is 24.3 Å². The SMILES string of the molecule is CC=CC=CC(=O)N(C)CC(C)C(=O)OC. The molecule has 0 aromatic carbocycles.